The number of hydrogen-bond acceptors (Lipinski definition) is 2. The lowest BCUT2D eigenvalue weighted by atomic mass is 9.99. The van der Waals surface area contributed by atoms with Crippen LogP contribution in [0.15, 0.2) is 72.8 Å². The minimum absolute atomic E-state index is 0.103. The van der Waals surface area contributed by atoms with Crippen molar-refractivity contribution < 1.29 is 9.59 Å². The fourth-order valence-electron chi connectivity index (χ4n) is 4.02. The maximum absolute atomic E-state index is 13.6. The van der Waals surface area contributed by atoms with E-state index in [4.69, 9.17) is 23.2 Å². The second-order valence-corrected chi connectivity index (χ2v) is 9.82. The van der Waals surface area contributed by atoms with Gasteiger partial charge in [-0.15, -0.1) is 0 Å². The molecule has 1 N–H and O–H groups in total. The Kier molecular flexibility index (Phi) is 9.76. The van der Waals surface area contributed by atoms with Crippen LogP contribution in [-0.4, -0.2) is 29.8 Å². The third-order valence-electron chi connectivity index (χ3n) is 6.15. The van der Waals surface area contributed by atoms with E-state index in [0.717, 1.165) is 16.7 Å². The molecule has 184 valence electrons. The zero-order valence-corrected chi connectivity index (χ0v) is 21.9. The largest absolute Gasteiger partial charge is 0.357 e. The van der Waals surface area contributed by atoms with Crippen molar-refractivity contribution in [1.29, 1.82) is 0 Å². The Labute approximate surface area is 218 Å². The Morgan fingerprint density at radius 2 is 1.60 bits per heavy atom. The molecule has 0 saturated carbocycles. The maximum atomic E-state index is 13.6. The smallest absolute Gasteiger partial charge is 0.242 e. The monoisotopic (exact) mass is 510 g/mol. The molecule has 35 heavy (non-hydrogen) atoms. The predicted molar refractivity (Wildman–Crippen MR) is 144 cm³/mol. The molecule has 0 radical (unpaired) electrons. The number of aryl methyl sites for hydroxylation is 1. The molecule has 0 fully saturated rings. The third-order valence-corrected chi connectivity index (χ3v) is 6.73. The minimum Gasteiger partial charge on any atom is -0.357 e. The number of carbonyl (C=O) groups is 2. The second kappa shape index (κ2) is 12.8. The Morgan fingerprint density at radius 3 is 2.20 bits per heavy atom. The van der Waals surface area contributed by atoms with Crippen LogP contribution in [0, 0.1) is 0 Å². The standard InChI is InChI=1S/C29H32Cl2N2O2/c1-20(2)23-12-9-21(10-13-23)11-16-28(34)33(19-24-14-15-25(30)18-26(24)31)27(29(35)32-3)17-22-7-5-4-6-8-22/h4-10,12-15,18,20,27H,11,16-17,19H2,1-3H3,(H,32,35). The molecule has 0 saturated heterocycles. The maximum Gasteiger partial charge on any atom is 0.242 e. The van der Waals surface area contributed by atoms with Crippen molar-refractivity contribution in [2.75, 3.05) is 7.05 Å². The molecule has 0 aliphatic carbocycles. The molecule has 3 aromatic rings. The highest BCUT2D eigenvalue weighted by atomic mass is 35.5. The fourth-order valence-corrected chi connectivity index (χ4v) is 4.49. The van der Waals surface area contributed by atoms with Crippen molar-refractivity contribution in [3.8, 4) is 0 Å². The first-order valence-corrected chi connectivity index (χ1v) is 12.6. The van der Waals surface area contributed by atoms with E-state index >= 15 is 0 Å². The van der Waals surface area contributed by atoms with Gasteiger partial charge in [0.25, 0.3) is 0 Å². The quantitative estimate of drug-likeness (QED) is 0.341. The van der Waals surface area contributed by atoms with E-state index in [2.05, 4.69) is 43.4 Å². The van der Waals surface area contributed by atoms with Gasteiger partial charge in [-0.05, 0) is 46.7 Å². The number of nitrogens with zero attached hydrogens (tertiary/aromatic N) is 1. The summed E-state index contributed by atoms with van der Waals surface area (Å²) in [5.74, 6) is 0.138. The van der Waals surface area contributed by atoms with E-state index in [1.54, 1.807) is 30.1 Å². The van der Waals surface area contributed by atoms with Gasteiger partial charge in [0, 0.05) is 36.5 Å². The van der Waals surface area contributed by atoms with Crippen LogP contribution in [0.5, 0.6) is 0 Å². The lowest BCUT2D eigenvalue weighted by Crippen LogP contribution is -2.49. The topological polar surface area (TPSA) is 49.4 Å². The molecule has 4 nitrogen and oxygen atoms in total. The lowest BCUT2D eigenvalue weighted by molar-refractivity contribution is -0.141. The van der Waals surface area contributed by atoms with Crippen molar-refractivity contribution in [3.63, 3.8) is 0 Å². The van der Waals surface area contributed by atoms with E-state index in [1.165, 1.54) is 5.56 Å². The van der Waals surface area contributed by atoms with Gasteiger partial charge in [-0.1, -0.05) is 97.7 Å². The van der Waals surface area contributed by atoms with Gasteiger partial charge in [-0.3, -0.25) is 9.59 Å². The van der Waals surface area contributed by atoms with Gasteiger partial charge in [-0.25, -0.2) is 0 Å². The summed E-state index contributed by atoms with van der Waals surface area (Å²) in [6.07, 6.45) is 1.28. The molecule has 2 amide bonds. The Bertz CT molecular complexity index is 1130. The van der Waals surface area contributed by atoms with Gasteiger partial charge in [0.15, 0.2) is 0 Å². The first-order chi connectivity index (χ1) is 16.8. The van der Waals surface area contributed by atoms with Crippen molar-refractivity contribution in [3.05, 3.63) is 105 Å². The number of likely N-dealkylation sites (N-methyl/N-ethyl adjacent to an activating group) is 1. The van der Waals surface area contributed by atoms with E-state index in [0.29, 0.717) is 28.8 Å². The SMILES string of the molecule is CNC(=O)C(Cc1ccccc1)N(Cc1ccc(Cl)cc1Cl)C(=O)CCc1ccc(C(C)C)cc1. The zero-order chi connectivity index (χ0) is 25.4. The number of rotatable bonds is 10. The Balaban J connectivity index is 1.87. The van der Waals surface area contributed by atoms with Crippen molar-refractivity contribution in [1.82, 2.24) is 10.2 Å². The summed E-state index contributed by atoms with van der Waals surface area (Å²) in [7, 11) is 1.59. The fraction of sp³-hybridized carbons (Fsp3) is 0.310. The van der Waals surface area contributed by atoms with Crippen LogP contribution in [0.25, 0.3) is 0 Å². The molecule has 1 unspecified atom stereocenters. The number of carbonyl (C=O) groups excluding carboxylic acids is 2. The summed E-state index contributed by atoms with van der Waals surface area (Å²) < 4.78 is 0. The molecular weight excluding hydrogens is 479 g/mol. The minimum atomic E-state index is -0.676. The number of amides is 2. The van der Waals surface area contributed by atoms with Crippen LogP contribution in [0.4, 0.5) is 0 Å². The highest BCUT2D eigenvalue weighted by Crippen LogP contribution is 2.25. The van der Waals surface area contributed by atoms with Crippen LogP contribution in [-0.2, 0) is 29.0 Å². The normalized spacial score (nSPS) is 11.8. The molecule has 0 spiro atoms. The van der Waals surface area contributed by atoms with Crippen LogP contribution in [0.2, 0.25) is 10.0 Å². The van der Waals surface area contributed by atoms with Crippen LogP contribution in [0.1, 0.15) is 48.4 Å². The lowest BCUT2D eigenvalue weighted by Gasteiger charge is -2.31. The average Bonchev–Trinajstić information content (AvgIpc) is 2.86. The van der Waals surface area contributed by atoms with Gasteiger partial charge in [0.05, 0.1) is 0 Å². The first kappa shape index (κ1) is 26.8. The second-order valence-electron chi connectivity index (χ2n) is 8.97. The third kappa shape index (κ3) is 7.58. The van der Waals surface area contributed by atoms with E-state index < -0.39 is 6.04 Å². The van der Waals surface area contributed by atoms with E-state index in [-0.39, 0.29) is 24.8 Å². The molecule has 6 heteroatoms. The highest BCUT2D eigenvalue weighted by Gasteiger charge is 2.30. The summed E-state index contributed by atoms with van der Waals surface area (Å²) in [5, 5.41) is 3.72. The molecule has 1 atom stereocenters. The van der Waals surface area contributed by atoms with Crippen molar-refractivity contribution in [2.24, 2.45) is 0 Å². The first-order valence-electron chi connectivity index (χ1n) is 11.9. The molecular formula is C29H32Cl2N2O2. The van der Waals surface area contributed by atoms with Crippen molar-refractivity contribution in [2.45, 2.75) is 51.6 Å². The predicted octanol–water partition coefficient (Wildman–Crippen LogP) is 6.44. The summed E-state index contributed by atoms with van der Waals surface area (Å²) in [6, 6.07) is 22.6. The van der Waals surface area contributed by atoms with E-state index in [1.807, 2.05) is 30.3 Å². The summed E-state index contributed by atoms with van der Waals surface area (Å²) >= 11 is 12.5. The van der Waals surface area contributed by atoms with Crippen LogP contribution >= 0.6 is 23.2 Å². The summed E-state index contributed by atoms with van der Waals surface area (Å²) in [6.45, 7) is 4.53. The van der Waals surface area contributed by atoms with Crippen LogP contribution < -0.4 is 5.32 Å². The Morgan fingerprint density at radius 1 is 0.914 bits per heavy atom. The number of hydrogen-bond donors (Lipinski definition) is 1. The number of benzene rings is 3. The van der Waals surface area contributed by atoms with Gasteiger partial charge >= 0.3 is 0 Å². The van der Waals surface area contributed by atoms with Gasteiger partial charge in [0.1, 0.15) is 6.04 Å². The Hall–Kier alpha value is -2.82. The molecule has 3 aromatic carbocycles. The van der Waals surface area contributed by atoms with Crippen molar-refractivity contribution >= 4 is 35.0 Å². The molecule has 0 aliphatic rings. The summed E-state index contributed by atoms with van der Waals surface area (Å²) in [4.78, 5) is 28.3. The van der Waals surface area contributed by atoms with E-state index in [9.17, 15) is 9.59 Å². The summed E-state index contributed by atoms with van der Waals surface area (Å²) in [5.41, 5.74) is 4.08. The van der Waals surface area contributed by atoms with Gasteiger partial charge in [0.2, 0.25) is 11.8 Å². The van der Waals surface area contributed by atoms with Gasteiger partial charge < -0.3 is 10.2 Å². The molecule has 3 rings (SSSR count). The molecule has 0 aliphatic heterocycles. The zero-order valence-electron chi connectivity index (χ0n) is 20.4. The molecule has 0 bridgehead atoms. The number of halogens is 2. The molecule has 0 aromatic heterocycles. The number of nitrogens with one attached hydrogen (secondary N) is 1. The molecule has 0 heterocycles. The average molecular weight is 511 g/mol. The highest BCUT2D eigenvalue weighted by molar-refractivity contribution is 6.35. The van der Waals surface area contributed by atoms with Gasteiger partial charge in [-0.2, -0.15) is 0 Å². The van der Waals surface area contributed by atoms with Crippen LogP contribution in [0.3, 0.4) is 0 Å².